The van der Waals surface area contributed by atoms with Gasteiger partial charge in [0.25, 0.3) is 10.1 Å². The van der Waals surface area contributed by atoms with Crippen LogP contribution >= 0.6 is 0 Å². The number of aryl methyl sites for hydroxylation is 2. The zero-order chi connectivity index (χ0) is 11.9. The average molecular weight is 234 g/mol. The Balaban J connectivity index is 0.000000336. The SMILES string of the molecule is CCCCc1nc(C)c[nH]1.CS(=O)(=O)O. The first-order valence-electron chi connectivity index (χ1n) is 4.76. The van der Waals surface area contributed by atoms with Gasteiger partial charge in [0.05, 0.1) is 11.9 Å². The van der Waals surface area contributed by atoms with Crippen LogP contribution in [-0.2, 0) is 16.5 Å². The molecule has 15 heavy (non-hydrogen) atoms. The smallest absolute Gasteiger partial charge is 0.261 e. The van der Waals surface area contributed by atoms with E-state index in [1.165, 1.54) is 12.8 Å². The lowest BCUT2D eigenvalue weighted by Crippen LogP contribution is -1.88. The van der Waals surface area contributed by atoms with Crippen molar-refractivity contribution in [1.29, 1.82) is 0 Å². The summed E-state index contributed by atoms with van der Waals surface area (Å²) in [7, 11) is -3.67. The second-order valence-electron chi connectivity index (χ2n) is 3.33. The van der Waals surface area contributed by atoms with Gasteiger partial charge in [-0.05, 0) is 13.3 Å². The topological polar surface area (TPSA) is 83.0 Å². The summed E-state index contributed by atoms with van der Waals surface area (Å²) in [6, 6.07) is 0. The number of H-pyrrole nitrogens is 1. The summed E-state index contributed by atoms with van der Waals surface area (Å²) in [6.45, 7) is 4.20. The Bertz CT molecular complexity index is 362. The summed E-state index contributed by atoms with van der Waals surface area (Å²) >= 11 is 0. The van der Waals surface area contributed by atoms with Crippen molar-refractivity contribution in [3.63, 3.8) is 0 Å². The van der Waals surface area contributed by atoms with Crippen molar-refractivity contribution in [3.8, 4) is 0 Å². The van der Waals surface area contributed by atoms with Crippen LogP contribution in [0.4, 0.5) is 0 Å². The average Bonchev–Trinajstić information content (AvgIpc) is 2.45. The molecule has 1 rings (SSSR count). The van der Waals surface area contributed by atoms with Gasteiger partial charge in [-0.15, -0.1) is 0 Å². The maximum absolute atomic E-state index is 9.19. The van der Waals surface area contributed by atoms with E-state index in [1.807, 2.05) is 13.1 Å². The Kier molecular flexibility index (Phi) is 6.19. The molecule has 0 aliphatic carbocycles. The van der Waals surface area contributed by atoms with Gasteiger partial charge in [-0.3, -0.25) is 4.55 Å². The maximum atomic E-state index is 9.19. The fourth-order valence-corrected chi connectivity index (χ4v) is 0.937. The molecule has 0 unspecified atom stereocenters. The Morgan fingerprint density at radius 1 is 1.53 bits per heavy atom. The minimum absolute atomic E-state index is 0.715. The molecular formula is C9H18N2O3S. The molecule has 0 spiro atoms. The van der Waals surface area contributed by atoms with Gasteiger partial charge in [-0.25, -0.2) is 4.98 Å². The van der Waals surface area contributed by atoms with Crippen LogP contribution in [0.25, 0.3) is 0 Å². The number of hydrogen-bond donors (Lipinski definition) is 2. The number of aromatic amines is 1. The highest BCUT2D eigenvalue weighted by Gasteiger charge is 1.94. The van der Waals surface area contributed by atoms with E-state index in [0.717, 1.165) is 17.9 Å². The van der Waals surface area contributed by atoms with E-state index in [0.29, 0.717) is 6.26 Å². The third kappa shape index (κ3) is 11.0. The van der Waals surface area contributed by atoms with Gasteiger partial charge in [0.2, 0.25) is 0 Å². The zero-order valence-electron chi connectivity index (χ0n) is 9.32. The van der Waals surface area contributed by atoms with Crippen molar-refractivity contribution in [1.82, 2.24) is 9.97 Å². The lowest BCUT2D eigenvalue weighted by Gasteiger charge is -1.90. The van der Waals surface area contributed by atoms with Gasteiger partial charge >= 0.3 is 0 Å². The van der Waals surface area contributed by atoms with E-state index in [2.05, 4.69) is 16.9 Å². The van der Waals surface area contributed by atoms with Gasteiger partial charge < -0.3 is 4.98 Å². The van der Waals surface area contributed by atoms with Gasteiger partial charge in [0, 0.05) is 12.6 Å². The number of nitrogens with one attached hydrogen (secondary N) is 1. The van der Waals surface area contributed by atoms with E-state index >= 15 is 0 Å². The van der Waals surface area contributed by atoms with E-state index in [4.69, 9.17) is 4.55 Å². The normalized spacial score (nSPS) is 10.7. The highest BCUT2D eigenvalue weighted by atomic mass is 32.2. The van der Waals surface area contributed by atoms with E-state index in [-0.39, 0.29) is 0 Å². The lowest BCUT2D eigenvalue weighted by atomic mass is 10.2. The van der Waals surface area contributed by atoms with Crippen LogP contribution in [0.5, 0.6) is 0 Å². The molecule has 0 bridgehead atoms. The first-order valence-corrected chi connectivity index (χ1v) is 6.61. The molecule has 1 heterocycles. The second kappa shape index (κ2) is 6.58. The van der Waals surface area contributed by atoms with Crippen LogP contribution in [0.2, 0.25) is 0 Å². The Hall–Kier alpha value is -0.880. The molecule has 5 nitrogen and oxygen atoms in total. The van der Waals surface area contributed by atoms with Gasteiger partial charge in [0.1, 0.15) is 5.82 Å². The number of rotatable bonds is 3. The van der Waals surface area contributed by atoms with Crippen molar-refractivity contribution < 1.29 is 13.0 Å². The van der Waals surface area contributed by atoms with Crippen molar-refractivity contribution >= 4 is 10.1 Å². The van der Waals surface area contributed by atoms with Gasteiger partial charge in [0.15, 0.2) is 0 Å². The predicted octanol–water partition coefficient (Wildman–Crippen LogP) is 1.56. The van der Waals surface area contributed by atoms with Crippen LogP contribution in [0.3, 0.4) is 0 Å². The molecule has 0 saturated carbocycles. The molecule has 0 fully saturated rings. The molecule has 0 radical (unpaired) electrons. The summed E-state index contributed by atoms with van der Waals surface area (Å²) in [4.78, 5) is 7.42. The van der Waals surface area contributed by atoms with Gasteiger partial charge in [-0.1, -0.05) is 13.3 Å². The minimum Gasteiger partial charge on any atom is -0.348 e. The number of unbranched alkanes of at least 4 members (excludes halogenated alkanes) is 1. The quantitative estimate of drug-likeness (QED) is 0.777. The van der Waals surface area contributed by atoms with Crippen molar-refractivity contribution in [3.05, 3.63) is 17.7 Å². The first-order chi connectivity index (χ1) is 6.83. The fraction of sp³-hybridized carbons (Fsp3) is 0.667. The highest BCUT2D eigenvalue weighted by molar-refractivity contribution is 7.85. The highest BCUT2D eigenvalue weighted by Crippen LogP contribution is 1.99. The Morgan fingerprint density at radius 2 is 2.07 bits per heavy atom. The summed E-state index contributed by atoms with van der Waals surface area (Å²) < 4.78 is 25.9. The second-order valence-corrected chi connectivity index (χ2v) is 4.79. The number of nitrogens with zero attached hydrogens (tertiary/aromatic N) is 1. The molecular weight excluding hydrogens is 216 g/mol. The number of imidazole rings is 1. The van der Waals surface area contributed by atoms with Gasteiger partial charge in [-0.2, -0.15) is 8.42 Å². The molecule has 0 aromatic carbocycles. The molecule has 0 amide bonds. The molecule has 88 valence electrons. The summed E-state index contributed by atoms with van der Waals surface area (Å²) in [6.07, 6.45) is 6.22. The summed E-state index contributed by atoms with van der Waals surface area (Å²) in [5, 5.41) is 0. The maximum Gasteiger partial charge on any atom is 0.261 e. The Morgan fingerprint density at radius 3 is 2.40 bits per heavy atom. The lowest BCUT2D eigenvalue weighted by molar-refractivity contribution is 0.490. The van der Waals surface area contributed by atoms with Crippen LogP contribution in [0.1, 0.15) is 31.3 Å². The third-order valence-corrected chi connectivity index (χ3v) is 1.53. The largest absolute Gasteiger partial charge is 0.348 e. The number of aromatic nitrogens is 2. The minimum atomic E-state index is -3.67. The molecule has 2 N–H and O–H groups in total. The molecule has 1 aromatic rings. The van der Waals surface area contributed by atoms with Crippen molar-refractivity contribution in [2.24, 2.45) is 0 Å². The number of hydrogen-bond acceptors (Lipinski definition) is 3. The van der Waals surface area contributed by atoms with Crippen LogP contribution < -0.4 is 0 Å². The Labute approximate surface area is 90.7 Å². The first kappa shape index (κ1) is 14.1. The fourth-order valence-electron chi connectivity index (χ4n) is 0.937. The van der Waals surface area contributed by atoms with Crippen molar-refractivity contribution in [2.75, 3.05) is 6.26 Å². The molecule has 0 aliphatic rings. The monoisotopic (exact) mass is 234 g/mol. The molecule has 0 atom stereocenters. The standard InChI is InChI=1S/C8H14N2.CH4O3S/c1-3-4-5-8-9-6-7(2)10-8;1-5(2,3)4/h6H,3-5H2,1-2H3,(H,9,10);1H3,(H,2,3,4). The van der Waals surface area contributed by atoms with Crippen molar-refractivity contribution in [2.45, 2.75) is 33.1 Å². The van der Waals surface area contributed by atoms with E-state index in [1.54, 1.807) is 0 Å². The molecule has 0 saturated heterocycles. The predicted molar refractivity (Wildman–Crippen MR) is 59.4 cm³/mol. The molecule has 1 aromatic heterocycles. The molecule has 0 aliphatic heterocycles. The van der Waals surface area contributed by atoms with E-state index < -0.39 is 10.1 Å². The third-order valence-electron chi connectivity index (χ3n) is 1.53. The molecule has 6 heteroatoms. The summed E-state index contributed by atoms with van der Waals surface area (Å²) in [5.74, 6) is 1.12. The van der Waals surface area contributed by atoms with E-state index in [9.17, 15) is 8.42 Å². The van der Waals surface area contributed by atoms with Crippen LogP contribution in [0.15, 0.2) is 6.20 Å². The van der Waals surface area contributed by atoms with Crippen LogP contribution in [-0.4, -0.2) is 29.2 Å². The van der Waals surface area contributed by atoms with Crippen LogP contribution in [0, 0.1) is 6.92 Å². The zero-order valence-corrected chi connectivity index (χ0v) is 10.1. The summed E-state index contributed by atoms with van der Waals surface area (Å²) in [5.41, 5.74) is 1.09.